The van der Waals surface area contributed by atoms with Crippen LogP contribution < -0.4 is 15.8 Å². The van der Waals surface area contributed by atoms with Crippen molar-refractivity contribution in [3.63, 3.8) is 0 Å². The van der Waals surface area contributed by atoms with E-state index in [2.05, 4.69) is 29.5 Å². The fourth-order valence-electron chi connectivity index (χ4n) is 2.43. The molecule has 1 rings (SSSR count). The molecule has 9 heteroatoms. The standard InChI is InChI=1S/C19H33N5O3S/c1-5-6-7-8-15(2)23-19(22-14-18(25)24(3)4)21-13-16-9-11-17(12-10-16)28(20,26)27/h9-12,15H,5-8,13-14H2,1-4H3,(H2,20,26,27)(H2,21,22,23). The minimum absolute atomic E-state index is 0.0503. The third kappa shape index (κ3) is 9.18. The van der Waals surface area contributed by atoms with Gasteiger partial charge in [0.15, 0.2) is 5.96 Å². The summed E-state index contributed by atoms with van der Waals surface area (Å²) in [7, 11) is -0.301. The lowest BCUT2D eigenvalue weighted by Gasteiger charge is -2.19. The van der Waals surface area contributed by atoms with E-state index in [1.165, 1.54) is 23.5 Å². The van der Waals surface area contributed by atoms with Gasteiger partial charge in [0.1, 0.15) is 0 Å². The molecule has 28 heavy (non-hydrogen) atoms. The number of aliphatic imine (C=N–C) groups is 1. The quantitative estimate of drug-likeness (QED) is 0.306. The molecular formula is C19H33N5O3S. The number of unbranched alkanes of at least 4 members (excludes halogenated alkanes) is 2. The summed E-state index contributed by atoms with van der Waals surface area (Å²) in [6.07, 6.45) is 4.49. The van der Waals surface area contributed by atoms with Gasteiger partial charge in [-0.05, 0) is 31.0 Å². The van der Waals surface area contributed by atoms with Crippen LogP contribution in [-0.2, 0) is 21.4 Å². The second-order valence-electron chi connectivity index (χ2n) is 7.04. The van der Waals surface area contributed by atoms with Gasteiger partial charge in [-0.15, -0.1) is 0 Å². The van der Waals surface area contributed by atoms with Gasteiger partial charge in [-0.25, -0.2) is 18.5 Å². The Balaban J connectivity index is 2.79. The van der Waals surface area contributed by atoms with Crippen LogP contribution in [-0.4, -0.2) is 51.9 Å². The minimum Gasteiger partial charge on any atom is -0.354 e. The van der Waals surface area contributed by atoms with Gasteiger partial charge >= 0.3 is 0 Å². The Morgan fingerprint density at radius 3 is 2.39 bits per heavy atom. The van der Waals surface area contributed by atoms with Crippen LogP contribution in [0.15, 0.2) is 34.2 Å². The molecule has 0 bridgehead atoms. The molecule has 0 aliphatic carbocycles. The van der Waals surface area contributed by atoms with Crippen LogP contribution in [0.2, 0.25) is 0 Å². The van der Waals surface area contributed by atoms with Crippen LogP contribution in [0.3, 0.4) is 0 Å². The molecule has 1 aromatic carbocycles. The van der Waals surface area contributed by atoms with Crippen LogP contribution in [0.4, 0.5) is 0 Å². The van der Waals surface area contributed by atoms with Crippen molar-refractivity contribution in [2.24, 2.45) is 10.1 Å². The molecule has 0 aromatic heterocycles. The van der Waals surface area contributed by atoms with Crippen molar-refractivity contribution in [2.75, 3.05) is 20.6 Å². The number of nitrogens with zero attached hydrogens (tertiary/aromatic N) is 2. The smallest absolute Gasteiger partial charge is 0.241 e. The van der Waals surface area contributed by atoms with E-state index < -0.39 is 10.0 Å². The summed E-state index contributed by atoms with van der Waals surface area (Å²) >= 11 is 0. The summed E-state index contributed by atoms with van der Waals surface area (Å²) in [6.45, 7) is 4.74. The third-order valence-electron chi connectivity index (χ3n) is 4.20. The molecule has 1 unspecified atom stereocenters. The molecule has 1 aromatic rings. The molecule has 0 radical (unpaired) electrons. The normalized spacial score (nSPS) is 13.1. The van der Waals surface area contributed by atoms with E-state index in [9.17, 15) is 13.2 Å². The topological polar surface area (TPSA) is 117 Å². The number of nitrogens with two attached hydrogens (primary N) is 1. The zero-order chi connectivity index (χ0) is 21.2. The van der Waals surface area contributed by atoms with Crippen molar-refractivity contribution in [1.82, 2.24) is 15.5 Å². The van der Waals surface area contributed by atoms with Gasteiger partial charge in [-0.3, -0.25) is 4.79 Å². The maximum absolute atomic E-state index is 11.9. The van der Waals surface area contributed by atoms with E-state index in [1.807, 2.05) is 0 Å². The minimum atomic E-state index is -3.71. The molecule has 1 amide bonds. The molecule has 0 aliphatic heterocycles. The molecule has 0 heterocycles. The number of hydrogen-bond acceptors (Lipinski definition) is 4. The number of likely N-dealkylation sites (N-methyl/N-ethyl adjacent to an activating group) is 1. The number of nitrogens with one attached hydrogen (secondary N) is 2. The summed E-state index contributed by atoms with van der Waals surface area (Å²) < 4.78 is 22.7. The highest BCUT2D eigenvalue weighted by atomic mass is 32.2. The van der Waals surface area contributed by atoms with Crippen LogP contribution >= 0.6 is 0 Å². The zero-order valence-corrected chi connectivity index (χ0v) is 18.1. The SMILES string of the molecule is CCCCCC(C)NC(=NCc1ccc(S(N)(=O)=O)cc1)NCC(=O)N(C)C. The first kappa shape index (κ1) is 23.9. The maximum Gasteiger partial charge on any atom is 0.241 e. The number of primary sulfonamides is 1. The van der Waals surface area contributed by atoms with Crippen molar-refractivity contribution in [2.45, 2.75) is 57.0 Å². The first-order chi connectivity index (χ1) is 13.1. The van der Waals surface area contributed by atoms with E-state index in [1.54, 1.807) is 26.2 Å². The number of amides is 1. The fraction of sp³-hybridized carbons (Fsp3) is 0.579. The molecule has 0 saturated carbocycles. The van der Waals surface area contributed by atoms with Crippen molar-refractivity contribution < 1.29 is 13.2 Å². The second kappa shape index (κ2) is 11.7. The number of carbonyl (C=O) groups excluding carboxylic acids is 1. The molecule has 0 spiro atoms. The van der Waals surface area contributed by atoms with E-state index in [0.29, 0.717) is 12.5 Å². The summed E-state index contributed by atoms with van der Waals surface area (Å²) in [5.41, 5.74) is 0.839. The lowest BCUT2D eigenvalue weighted by molar-refractivity contribution is -0.127. The lowest BCUT2D eigenvalue weighted by Crippen LogP contribution is -2.46. The Morgan fingerprint density at radius 2 is 1.86 bits per heavy atom. The predicted octanol–water partition coefficient (Wildman–Crippen LogP) is 1.43. The van der Waals surface area contributed by atoms with E-state index in [0.717, 1.165) is 24.8 Å². The summed E-state index contributed by atoms with van der Waals surface area (Å²) in [5.74, 6) is 0.500. The Labute approximate surface area is 168 Å². The molecule has 0 saturated heterocycles. The highest BCUT2D eigenvalue weighted by molar-refractivity contribution is 7.89. The van der Waals surface area contributed by atoms with Crippen LogP contribution in [0, 0.1) is 0 Å². The third-order valence-corrected chi connectivity index (χ3v) is 5.13. The molecule has 4 N–H and O–H groups in total. The monoisotopic (exact) mass is 411 g/mol. The number of benzene rings is 1. The highest BCUT2D eigenvalue weighted by Gasteiger charge is 2.10. The number of carbonyl (C=O) groups is 1. The maximum atomic E-state index is 11.9. The van der Waals surface area contributed by atoms with Gasteiger partial charge in [0.25, 0.3) is 0 Å². The number of rotatable bonds is 10. The van der Waals surface area contributed by atoms with Crippen LogP contribution in [0.25, 0.3) is 0 Å². The van der Waals surface area contributed by atoms with Gasteiger partial charge in [-0.2, -0.15) is 0 Å². The van der Waals surface area contributed by atoms with E-state index >= 15 is 0 Å². The van der Waals surface area contributed by atoms with Crippen molar-refractivity contribution >= 4 is 21.9 Å². The van der Waals surface area contributed by atoms with Crippen LogP contribution in [0.5, 0.6) is 0 Å². The zero-order valence-electron chi connectivity index (χ0n) is 17.2. The van der Waals surface area contributed by atoms with Crippen LogP contribution in [0.1, 0.15) is 45.1 Å². The van der Waals surface area contributed by atoms with Gasteiger partial charge in [0, 0.05) is 20.1 Å². The molecule has 0 fully saturated rings. The van der Waals surface area contributed by atoms with Gasteiger partial charge in [0.05, 0.1) is 18.0 Å². The molecule has 1 atom stereocenters. The first-order valence-corrected chi connectivity index (χ1v) is 11.0. The van der Waals surface area contributed by atoms with Gasteiger partial charge < -0.3 is 15.5 Å². The van der Waals surface area contributed by atoms with E-state index in [-0.39, 0.29) is 23.4 Å². The Bertz CT molecular complexity index is 745. The van der Waals surface area contributed by atoms with Crippen molar-refractivity contribution in [3.8, 4) is 0 Å². The number of sulfonamides is 1. The highest BCUT2D eigenvalue weighted by Crippen LogP contribution is 2.09. The Kier molecular flexibility index (Phi) is 9.95. The number of hydrogen-bond donors (Lipinski definition) is 3. The van der Waals surface area contributed by atoms with Crippen molar-refractivity contribution in [1.29, 1.82) is 0 Å². The van der Waals surface area contributed by atoms with Gasteiger partial charge in [-0.1, -0.05) is 38.3 Å². The lowest BCUT2D eigenvalue weighted by atomic mass is 10.1. The first-order valence-electron chi connectivity index (χ1n) is 9.50. The second-order valence-corrected chi connectivity index (χ2v) is 8.60. The number of guanidine groups is 1. The molecule has 158 valence electrons. The molecule has 8 nitrogen and oxygen atoms in total. The predicted molar refractivity (Wildman–Crippen MR) is 112 cm³/mol. The summed E-state index contributed by atoms with van der Waals surface area (Å²) in [4.78, 5) is 18.0. The Morgan fingerprint density at radius 1 is 1.21 bits per heavy atom. The molecule has 0 aliphatic rings. The average Bonchev–Trinajstić information content (AvgIpc) is 2.63. The van der Waals surface area contributed by atoms with Crippen molar-refractivity contribution in [3.05, 3.63) is 29.8 Å². The van der Waals surface area contributed by atoms with Gasteiger partial charge in [0.2, 0.25) is 15.9 Å². The molecular weight excluding hydrogens is 378 g/mol. The largest absolute Gasteiger partial charge is 0.354 e. The summed E-state index contributed by atoms with van der Waals surface area (Å²) in [5, 5.41) is 11.5. The average molecular weight is 412 g/mol. The Hall–Kier alpha value is -2.13. The van der Waals surface area contributed by atoms with E-state index in [4.69, 9.17) is 5.14 Å². The fourth-order valence-corrected chi connectivity index (χ4v) is 2.95. The summed E-state index contributed by atoms with van der Waals surface area (Å²) in [6, 6.07) is 6.50.